The SMILES string of the molecule is CCCCC(CC)COC(C)CCCNC(C)(C)C. The standard InChI is InChI=1S/C17H37NO/c1-7-9-12-16(8-2)14-19-15(3)11-10-13-18-17(4,5)6/h15-16,18H,7-14H2,1-6H3. The molecule has 2 atom stereocenters. The molecule has 19 heavy (non-hydrogen) atoms. The van der Waals surface area contributed by atoms with Crippen LogP contribution in [-0.2, 0) is 4.74 Å². The summed E-state index contributed by atoms with van der Waals surface area (Å²) in [5.41, 5.74) is 0.234. The molecule has 2 nitrogen and oxygen atoms in total. The van der Waals surface area contributed by atoms with E-state index in [-0.39, 0.29) is 5.54 Å². The second-order valence-electron chi connectivity index (χ2n) is 6.88. The lowest BCUT2D eigenvalue weighted by Crippen LogP contribution is -2.36. The first-order valence-corrected chi connectivity index (χ1v) is 8.25. The predicted octanol–water partition coefficient (Wildman–Crippen LogP) is 4.78. The van der Waals surface area contributed by atoms with Crippen LogP contribution in [0.2, 0.25) is 0 Å². The Labute approximate surface area is 121 Å². The molecule has 0 amide bonds. The highest BCUT2D eigenvalue weighted by Crippen LogP contribution is 2.14. The van der Waals surface area contributed by atoms with Crippen molar-refractivity contribution in [2.45, 2.75) is 91.7 Å². The molecule has 1 N–H and O–H groups in total. The van der Waals surface area contributed by atoms with E-state index in [1.807, 2.05) is 0 Å². The maximum atomic E-state index is 6.00. The Morgan fingerprint density at radius 3 is 2.26 bits per heavy atom. The van der Waals surface area contributed by atoms with Crippen LogP contribution in [0.3, 0.4) is 0 Å². The molecular formula is C17H37NO. The smallest absolute Gasteiger partial charge is 0.0547 e. The maximum absolute atomic E-state index is 6.00. The molecule has 0 spiro atoms. The number of nitrogens with one attached hydrogen (secondary N) is 1. The summed E-state index contributed by atoms with van der Waals surface area (Å²) in [6.07, 6.45) is 7.97. The predicted molar refractivity (Wildman–Crippen MR) is 85.7 cm³/mol. The molecule has 0 aliphatic carbocycles. The topological polar surface area (TPSA) is 21.3 Å². The highest BCUT2D eigenvalue weighted by Gasteiger charge is 2.10. The molecule has 0 aliphatic heterocycles. The van der Waals surface area contributed by atoms with Crippen molar-refractivity contribution in [1.29, 1.82) is 0 Å². The van der Waals surface area contributed by atoms with Crippen LogP contribution in [0, 0.1) is 5.92 Å². The van der Waals surface area contributed by atoms with Crippen LogP contribution >= 0.6 is 0 Å². The van der Waals surface area contributed by atoms with Crippen LogP contribution in [0.5, 0.6) is 0 Å². The summed E-state index contributed by atoms with van der Waals surface area (Å²) in [5, 5.41) is 3.53. The zero-order valence-electron chi connectivity index (χ0n) is 14.2. The van der Waals surface area contributed by atoms with Gasteiger partial charge < -0.3 is 10.1 Å². The molecular weight excluding hydrogens is 234 g/mol. The fourth-order valence-corrected chi connectivity index (χ4v) is 2.13. The molecule has 0 aromatic heterocycles. The minimum Gasteiger partial charge on any atom is -0.378 e. The Kier molecular flexibility index (Phi) is 10.6. The van der Waals surface area contributed by atoms with E-state index in [9.17, 15) is 0 Å². The molecule has 2 heteroatoms. The van der Waals surface area contributed by atoms with E-state index in [0.717, 1.165) is 25.5 Å². The van der Waals surface area contributed by atoms with E-state index in [4.69, 9.17) is 4.74 Å². The molecule has 0 aromatic carbocycles. The van der Waals surface area contributed by atoms with Gasteiger partial charge in [-0.2, -0.15) is 0 Å². The molecule has 2 unspecified atom stereocenters. The lowest BCUT2D eigenvalue weighted by atomic mass is 10.0. The molecule has 116 valence electrons. The molecule has 0 saturated heterocycles. The van der Waals surface area contributed by atoms with Crippen molar-refractivity contribution in [2.24, 2.45) is 5.92 Å². The second kappa shape index (κ2) is 10.7. The summed E-state index contributed by atoms with van der Waals surface area (Å²) < 4.78 is 6.00. The molecule has 0 heterocycles. The van der Waals surface area contributed by atoms with Crippen molar-refractivity contribution in [2.75, 3.05) is 13.2 Å². The van der Waals surface area contributed by atoms with Crippen LogP contribution in [-0.4, -0.2) is 24.8 Å². The van der Waals surface area contributed by atoms with Crippen molar-refractivity contribution in [1.82, 2.24) is 5.32 Å². The van der Waals surface area contributed by atoms with Gasteiger partial charge >= 0.3 is 0 Å². The quantitative estimate of drug-likeness (QED) is 0.546. The molecule has 0 bridgehead atoms. The minimum atomic E-state index is 0.234. The van der Waals surface area contributed by atoms with E-state index < -0.39 is 0 Å². The summed E-state index contributed by atoms with van der Waals surface area (Å²) in [6.45, 7) is 15.4. The molecule has 0 rings (SSSR count). The van der Waals surface area contributed by atoms with Crippen LogP contribution in [0.25, 0.3) is 0 Å². The van der Waals surface area contributed by atoms with Gasteiger partial charge in [-0.25, -0.2) is 0 Å². The van der Waals surface area contributed by atoms with E-state index in [2.05, 4.69) is 46.9 Å². The first kappa shape index (κ1) is 18.9. The number of rotatable bonds is 11. The number of hydrogen-bond acceptors (Lipinski definition) is 2. The number of hydrogen-bond donors (Lipinski definition) is 1. The monoisotopic (exact) mass is 271 g/mol. The number of unbranched alkanes of at least 4 members (excludes halogenated alkanes) is 1. The first-order chi connectivity index (χ1) is 8.89. The van der Waals surface area contributed by atoms with Crippen LogP contribution in [0.4, 0.5) is 0 Å². The van der Waals surface area contributed by atoms with Crippen molar-refractivity contribution in [3.05, 3.63) is 0 Å². The Bertz CT molecular complexity index is 198. The van der Waals surface area contributed by atoms with Gasteiger partial charge in [-0.15, -0.1) is 0 Å². The molecule has 0 aliphatic rings. The summed E-state index contributed by atoms with van der Waals surface area (Å²) >= 11 is 0. The molecule has 0 radical (unpaired) electrons. The average molecular weight is 271 g/mol. The van der Waals surface area contributed by atoms with Crippen LogP contribution < -0.4 is 5.32 Å². The summed E-state index contributed by atoms with van der Waals surface area (Å²) in [5.74, 6) is 0.759. The zero-order chi connectivity index (χ0) is 14.7. The average Bonchev–Trinajstić information content (AvgIpc) is 2.34. The van der Waals surface area contributed by atoms with Gasteiger partial charge in [-0.3, -0.25) is 0 Å². The van der Waals surface area contributed by atoms with E-state index >= 15 is 0 Å². The van der Waals surface area contributed by atoms with Gasteiger partial charge in [0.05, 0.1) is 6.10 Å². The Hall–Kier alpha value is -0.0800. The van der Waals surface area contributed by atoms with E-state index in [1.54, 1.807) is 0 Å². The van der Waals surface area contributed by atoms with Gasteiger partial charge in [-0.05, 0) is 59.4 Å². The fraction of sp³-hybridized carbons (Fsp3) is 1.00. The zero-order valence-corrected chi connectivity index (χ0v) is 14.2. The Morgan fingerprint density at radius 2 is 1.74 bits per heavy atom. The van der Waals surface area contributed by atoms with Gasteiger partial charge in [0.1, 0.15) is 0 Å². The van der Waals surface area contributed by atoms with Crippen LogP contribution in [0.1, 0.15) is 80.1 Å². The minimum absolute atomic E-state index is 0.234. The molecule has 0 aromatic rings. The summed E-state index contributed by atoms with van der Waals surface area (Å²) in [7, 11) is 0. The Balaban J connectivity index is 3.59. The third kappa shape index (κ3) is 12.7. The van der Waals surface area contributed by atoms with Gasteiger partial charge in [0, 0.05) is 12.1 Å². The fourth-order valence-electron chi connectivity index (χ4n) is 2.13. The van der Waals surface area contributed by atoms with Crippen LogP contribution in [0.15, 0.2) is 0 Å². The van der Waals surface area contributed by atoms with Gasteiger partial charge in [0.2, 0.25) is 0 Å². The van der Waals surface area contributed by atoms with Crippen molar-refractivity contribution >= 4 is 0 Å². The van der Waals surface area contributed by atoms with Crippen molar-refractivity contribution in [3.8, 4) is 0 Å². The normalized spacial score (nSPS) is 15.5. The van der Waals surface area contributed by atoms with E-state index in [1.165, 1.54) is 32.1 Å². The maximum Gasteiger partial charge on any atom is 0.0547 e. The van der Waals surface area contributed by atoms with Crippen molar-refractivity contribution in [3.63, 3.8) is 0 Å². The van der Waals surface area contributed by atoms with Gasteiger partial charge in [0.15, 0.2) is 0 Å². The molecule has 0 saturated carbocycles. The summed E-state index contributed by atoms with van der Waals surface area (Å²) in [4.78, 5) is 0. The number of ether oxygens (including phenoxy) is 1. The second-order valence-corrected chi connectivity index (χ2v) is 6.88. The lowest BCUT2D eigenvalue weighted by Gasteiger charge is -2.22. The highest BCUT2D eigenvalue weighted by atomic mass is 16.5. The summed E-state index contributed by atoms with van der Waals surface area (Å²) in [6, 6.07) is 0. The first-order valence-electron chi connectivity index (χ1n) is 8.25. The largest absolute Gasteiger partial charge is 0.378 e. The van der Waals surface area contributed by atoms with Crippen molar-refractivity contribution < 1.29 is 4.74 Å². The highest BCUT2D eigenvalue weighted by molar-refractivity contribution is 4.70. The Morgan fingerprint density at radius 1 is 1.05 bits per heavy atom. The molecule has 0 fully saturated rings. The van der Waals surface area contributed by atoms with Gasteiger partial charge in [-0.1, -0.05) is 33.1 Å². The van der Waals surface area contributed by atoms with Gasteiger partial charge in [0.25, 0.3) is 0 Å². The third-order valence-corrected chi connectivity index (χ3v) is 3.60. The van der Waals surface area contributed by atoms with E-state index in [0.29, 0.717) is 6.10 Å². The third-order valence-electron chi connectivity index (χ3n) is 3.60. The lowest BCUT2D eigenvalue weighted by molar-refractivity contribution is 0.0307.